The summed E-state index contributed by atoms with van der Waals surface area (Å²) in [5.74, 6) is -0.305. The van der Waals surface area contributed by atoms with Crippen molar-refractivity contribution in [1.82, 2.24) is 0 Å². The van der Waals surface area contributed by atoms with Crippen LogP contribution in [0.25, 0.3) is 0 Å². The molecular formula is C10H12O4. The van der Waals surface area contributed by atoms with Gasteiger partial charge in [0.1, 0.15) is 5.56 Å². The van der Waals surface area contributed by atoms with Gasteiger partial charge in [0.25, 0.3) is 0 Å². The highest BCUT2D eigenvalue weighted by molar-refractivity contribution is 5.92. The standard InChI is InChI=1S/C10H12O4/c1-3-14-8-6-4-5-7(10(11)12)9(8)13-2/h4-6H,3H2,1-2H3,(H,11,12). The zero-order valence-electron chi connectivity index (χ0n) is 8.11. The van der Waals surface area contributed by atoms with Crippen molar-refractivity contribution in [2.24, 2.45) is 0 Å². The first-order valence-electron chi connectivity index (χ1n) is 4.23. The van der Waals surface area contributed by atoms with Gasteiger partial charge in [-0.3, -0.25) is 0 Å². The molecule has 0 spiro atoms. The van der Waals surface area contributed by atoms with Crippen LogP contribution in [0, 0.1) is 0 Å². The molecule has 0 radical (unpaired) electrons. The zero-order valence-corrected chi connectivity index (χ0v) is 8.11. The van der Waals surface area contributed by atoms with Crippen LogP contribution in [0.15, 0.2) is 18.2 Å². The van der Waals surface area contributed by atoms with Crippen LogP contribution >= 0.6 is 0 Å². The van der Waals surface area contributed by atoms with E-state index in [1.807, 2.05) is 6.92 Å². The van der Waals surface area contributed by atoms with Gasteiger partial charge in [-0.2, -0.15) is 0 Å². The highest BCUT2D eigenvalue weighted by Crippen LogP contribution is 2.30. The molecule has 0 unspecified atom stereocenters. The third-order valence-electron chi connectivity index (χ3n) is 1.71. The van der Waals surface area contributed by atoms with E-state index in [4.69, 9.17) is 14.6 Å². The van der Waals surface area contributed by atoms with E-state index < -0.39 is 5.97 Å². The molecule has 0 amide bonds. The minimum atomic E-state index is -1.02. The summed E-state index contributed by atoms with van der Waals surface area (Å²) in [5.41, 5.74) is 0.110. The average Bonchev–Trinajstić information content (AvgIpc) is 2.18. The number of carbonyl (C=O) groups is 1. The quantitative estimate of drug-likeness (QED) is 0.797. The second kappa shape index (κ2) is 4.50. The minimum Gasteiger partial charge on any atom is -0.492 e. The number of hydrogen-bond donors (Lipinski definition) is 1. The third kappa shape index (κ3) is 1.96. The summed E-state index contributed by atoms with van der Waals surface area (Å²) in [4.78, 5) is 10.8. The largest absolute Gasteiger partial charge is 0.492 e. The summed E-state index contributed by atoms with van der Waals surface area (Å²) in [5, 5.41) is 8.85. The summed E-state index contributed by atoms with van der Waals surface area (Å²) in [6.45, 7) is 2.30. The predicted octanol–water partition coefficient (Wildman–Crippen LogP) is 1.79. The molecule has 0 heterocycles. The summed E-state index contributed by atoms with van der Waals surface area (Å²) in [6.07, 6.45) is 0. The number of aromatic carboxylic acids is 1. The van der Waals surface area contributed by atoms with Gasteiger partial charge in [0, 0.05) is 0 Å². The molecule has 0 atom stereocenters. The Bertz CT molecular complexity index is 333. The normalized spacial score (nSPS) is 9.57. The van der Waals surface area contributed by atoms with Crippen molar-refractivity contribution in [3.63, 3.8) is 0 Å². The Morgan fingerprint density at radius 2 is 2.21 bits per heavy atom. The number of carboxylic acids is 1. The van der Waals surface area contributed by atoms with Gasteiger partial charge in [-0.25, -0.2) is 4.79 Å². The van der Waals surface area contributed by atoms with E-state index in [1.165, 1.54) is 13.2 Å². The van der Waals surface area contributed by atoms with Crippen LogP contribution in [-0.2, 0) is 0 Å². The molecule has 1 aromatic carbocycles. The molecular weight excluding hydrogens is 184 g/mol. The Morgan fingerprint density at radius 3 is 2.71 bits per heavy atom. The van der Waals surface area contributed by atoms with Gasteiger partial charge in [-0.05, 0) is 19.1 Å². The SMILES string of the molecule is CCOc1cccc(C(=O)O)c1OC. The summed E-state index contributed by atoms with van der Waals surface area (Å²) in [7, 11) is 1.42. The van der Waals surface area contributed by atoms with Crippen molar-refractivity contribution in [3.8, 4) is 11.5 Å². The Balaban J connectivity index is 3.17. The van der Waals surface area contributed by atoms with Crippen molar-refractivity contribution in [2.45, 2.75) is 6.92 Å². The molecule has 1 aromatic rings. The lowest BCUT2D eigenvalue weighted by atomic mass is 10.2. The Hall–Kier alpha value is -1.71. The molecule has 0 bridgehead atoms. The molecule has 1 N–H and O–H groups in total. The Labute approximate surface area is 82.1 Å². The maximum absolute atomic E-state index is 10.8. The molecule has 76 valence electrons. The number of carboxylic acid groups (broad SMARTS) is 1. The molecule has 4 nitrogen and oxygen atoms in total. The lowest BCUT2D eigenvalue weighted by Gasteiger charge is -2.10. The molecule has 0 saturated heterocycles. The van der Waals surface area contributed by atoms with Crippen molar-refractivity contribution in [3.05, 3.63) is 23.8 Å². The molecule has 0 aliphatic rings. The van der Waals surface area contributed by atoms with Crippen LogP contribution < -0.4 is 9.47 Å². The molecule has 0 fully saturated rings. The van der Waals surface area contributed by atoms with Crippen molar-refractivity contribution in [2.75, 3.05) is 13.7 Å². The Morgan fingerprint density at radius 1 is 1.50 bits per heavy atom. The van der Waals surface area contributed by atoms with Crippen LogP contribution in [0.2, 0.25) is 0 Å². The van der Waals surface area contributed by atoms with Crippen LogP contribution in [-0.4, -0.2) is 24.8 Å². The van der Waals surface area contributed by atoms with Crippen LogP contribution in [0.5, 0.6) is 11.5 Å². The van der Waals surface area contributed by atoms with Gasteiger partial charge in [0.2, 0.25) is 0 Å². The van der Waals surface area contributed by atoms with E-state index in [2.05, 4.69) is 0 Å². The number of rotatable bonds is 4. The van der Waals surface area contributed by atoms with Crippen molar-refractivity contribution < 1.29 is 19.4 Å². The number of benzene rings is 1. The first-order chi connectivity index (χ1) is 6.70. The fourth-order valence-corrected chi connectivity index (χ4v) is 1.16. The molecule has 1 rings (SSSR count). The van der Waals surface area contributed by atoms with Gasteiger partial charge in [0.15, 0.2) is 11.5 Å². The maximum Gasteiger partial charge on any atom is 0.339 e. The minimum absolute atomic E-state index is 0.110. The van der Waals surface area contributed by atoms with Crippen LogP contribution in [0.3, 0.4) is 0 Å². The smallest absolute Gasteiger partial charge is 0.339 e. The predicted molar refractivity (Wildman–Crippen MR) is 51.1 cm³/mol. The zero-order chi connectivity index (χ0) is 10.6. The fraction of sp³-hybridized carbons (Fsp3) is 0.300. The van der Waals surface area contributed by atoms with E-state index in [0.717, 1.165) is 0 Å². The molecule has 14 heavy (non-hydrogen) atoms. The van der Waals surface area contributed by atoms with Crippen molar-refractivity contribution >= 4 is 5.97 Å². The number of ether oxygens (including phenoxy) is 2. The molecule has 0 saturated carbocycles. The van der Waals surface area contributed by atoms with Gasteiger partial charge in [-0.1, -0.05) is 6.07 Å². The van der Waals surface area contributed by atoms with E-state index in [-0.39, 0.29) is 11.3 Å². The lowest BCUT2D eigenvalue weighted by Crippen LogP contribution is -2.03. The van der Waals surface area contributed by atoms with Gasteiger partial charge < -0.3 is 14.6 Å². The van der Waals surface area contributed by atoms with E-state index in [9.17, 15) is 4.79 Å². The second-order valence-corrected chi connectivity index (χ2v) is 2.58. The van der Waals surface area contributed by atoms with Gasteiger partial charge in [0.05, 0.1) is 13.7 Å². The topological polar surface area (TPSA) is 55.8 Å². The lowest BCUT2D eigenvalue weighted by molar-refractivity contribution is 0.0692. The first kappa shape index (κ1) is 10.4. The van der Waals surface area contributed by atoms with Crippen LogP contribution in [0.4, 0.5) is 0 Å². The van der Waals surface area contributed by atoms with Gasteiger partial charge in [-0.15, -0.1) is 0 Å². The van der Waals surface area contributed by atoms with E-state index in [0.29, 0.717) is 12.4 Å². The second-order valence-electron chi connectivity index (χ2n) is 2.58. The average molecular weight is 196 g/mol. The third-order valence-corrected chi connectivity index (χ3v) is 1.71. The molecule has 4 heteroatoms. The van der Waals surface area contributed by atoms with Gasteiger partial charge >= 0.3 is 5.97 Å². The number of hydrogen-bond acceptors (Lipinski definition) is 3. The first-order valence-corrected chi connectivity index (χ1v) is 4.23. The Kier molecular flexibility index (Phi) is 3.34. The van der Waals surface area contributed by atoms with Crippen LogP contribution in [0.1, 0.15) is 17.3 Å². The molecule has 0 aliphatic heterocycles. The number of para-hydroxylation sites is 1. The summed E-state index contributed by atoms with van der Waals surface area (Å²) < 4.78 is 10.2. The monoisotopic (exact) mass is 196 g/mol. The van der Waals surface area contributed by atoms with Crippen molar-refractivity contribution in [1.29, 1.82) is 0 Å². The highest BCUT2D eigenvalue weighted by atomic mass is 16.5. The summed E-state index contributed by atoms with van der Waals surface area (Å²) >= 11 is 0. The number of methoxy groups -OCH3 is 1. The fourth-order valence-electron chi connectivity index (χ4n) is 1.16. The summed E-state index contributed by atoms with van der Waals surface area (Å²) in [6, 6.07) is 4.77. The van der Waals surface area contributed by atoms with E-state index in [1.54, 1.807) is 12.1 Å². The molecule has 0 aromatic heterocycles. The highest BCUT2D eigenvalue weighted by Gasteiger charge is 2.14. The molecule has 0 aliphatic carbocycles. The van der Waals surface area contributed by atoms with E-state index >= 15 is 0 Å². The maximum atomic E-state index is 10.8.